The lowest BCUT2D eigenvalue weighted by Crippen LogP contribution is -2.42. The molecule has 2 fully saturated rings. The maximum absolute atomic E-state index is 14.8. The molecular weight excluding hydrogens is 499 g/mol. The molecule has 1 spiro atoms. The number of carbonyl (C=O) groups is 2. The lowest BCUT2D eigenvalue weighted by atomic mass is 9.91. The SMILES string of the molecule is Cc1c([N+](=O)[O-])ccc(F)c1C(=O)N1CCC2(CC1)CC2NC(=O)c1ccc(-c2ccc(F)cc2)cc1F. The van der Waals surface area contributed by atoms with Crippen LogP contribution >= 0.6 is 0 Å². The zero-order valence-corrected chi connectivity index (χ0v) is 20.5. The maximum Gasteiger partial charge on any atom is 0.273 e. The van der Waals surface area contributed by atoms with E-state index in [0.29, 0.717) is 43.5 Å². The predicted molar refractivity (Wildman–Crippen MR) is 133 cm³/mol. The second-order valence-corrected chi connectivity index (χ2v) is 9.91. The molecule has 2 aliphatic rings. The Labute approximate surface area is 216 Å². The largest absolute Gasteiger partial charge is 0.349 e. The average molecular weight is 524 g/mol. The quantitative estimate of drug-likeness (QED) is 0.358. The van der Waals surface area contributed by atoms with Gasteiger partial charge in [-0.05, 0) is 73.1 Å². The Morgan fingerprint density at radius 1 is 0.974 bits per heavy atom. The van der Waals surface area contributed by atoms with E-state index in [1.54, 1.807) is 6.07 Å². The number of likely N-dealkylation sites (tertiary alicyclic amines) is 1. The number of nitro benzene ring substituents is 1. The summed E-state index contributed by atoms with van der Waals surface area (Å²) in [6, 6.07) is 11.7. The van der Waals surface area contributed by atoms with Gasteiger partial charge in [-0.2, -0.15) is 0 Å². The molecule has 1 atom stereocenters. The monoisotopic (exact) mass is 523 g/mol. The Morgan fingerprint density at radius 3 is 2.26 bits per heavy atom. The number of hydrogen-bond acceptors (Lipinski definition) is 4. The van der Waals surface area contributed by atoms with E-state index in [9.17, 15) is 32.9 Å². The van der Waals surface area contributed by atoms with Crippen LogP contribution in [0.15, 0.2) is 54.6 Å². The number of nitrogens with zero attached hydrogens (tertiary/aromatic N) is 2. The first-order chi connectivity index (χ1) is 18.1. The molecule has 1 saturated carbocycles. The Hall–Kier alpha value is -4.21. The van der Waals surface area contributed by atoms with Crippen molar-refractivity contribution in [2.45, 2.75) is 32.2 Å². The van der Waals surface area contributed by atoms with Gasteiger partial charge in [-0.1, -0.05) is 18.2 Å². The first-order valence-electron chi connectivity index (χ1n) is 12.2. The zero-order valence-electron chi connectivity index (χ0n) is 20.5. The van der Waals surface area contributed by atoms with Gasteiger partial charge in [0.25, 0.3) is 17.5 Å². The fraction of sp³-hybridized carbons (Fsp3) is 0.286. The van der Waals surface area contributed by atoms with Crippen molar-refractivity contribution < 1.29 is 27.7 Å². The molecule has 1 N–H and O–H groups in total. The Morgan fingerprint density at radius 2 is 1.63 bits per heavy atom. The predicted octanol–water partition coefficient (Wildman–Crippen LogP) is 5.41. The van der Waals surface area contributed by atoms with E-state index in [1.807, 2.05) is 0 Å². The summed E-state index contributed by atoms with van der Waals surface area (Å²) in [5, 5.41) is 14.1. The highest BCUT2D eigenvalue weighted by atomic mass is 19.1. The first-order valence-corrected chi connectivity index (χ1v) is 12.2. The molecule has 3 aromatic rings. The van der Waals surface area contributed by atoms with Crippen molar-refractivity contribution in [3.8, 4) is 11.1 Å². The van der Waals surface area contributed by atoms with E-state index in [2.05, 4.69) is 5.32 Å². The standard InChI is InChI=1S/C28H24F3N3O4/c1-16-23(34(37)38)9-8-21(30)25(16)27(36)33-12-10-28(11-13-33)15-24(28)32-26(35)20-7-4-18(14-22(20)31)17-2-5-19(29)6-3-17/h2-9,14,24H,10-13,15H2,1H3,(H,32,35). The van der Waals surface area contributed by atoms with Gasteiger partial charge in [-0.25, -0.2) is 13.2 Å². The average Bonchev–Trinajstić information content (AvgIpc) is 3.54. The summed E-state index contributed by atoms with van der Waals surface area (Å²) in [6.45, 7) is 1.98. The molecule has 2 amide bonds. The van der Waals surface area contributed by atoms with E-state index in [0.717, 1.165) is 12.1 Å². The summed E-state index contributed by atoms with van der Waals surface area (Å²) < 4.78 is 42.4. The van der Waals surface area contributed by atoms with Gasteiger partial charge in [0, 0.05) is 30.8 Å². The lowest BCUT2D eigenvalue weighted by molar-refractivity contribution is -0.385. The van der Waals surface area contributed by atoms with Crippen LogP contribution in [0.25, 0.3) is 11.1 Å². The van der Waals surface area contributed by atoms with Crippen LogP contribution in [0.5, 0.6) is 0 Å². The number of carbonyl (C=O) groups excluding carboxylic acids is 2. The lowest BCUT2D eigenvalue weighted by Gasteiger charge is -2.33. The molecule has 196 valence electrons. The Kier molecular flexibility index (Phi) is 6.42. The highest BCUT2D eigenvalue weighted by Crippen LogP contribution is 2.54. The maximum atomic E-state index is 14.8. The molecule has 0 bridgehead atoms. The van der Waals surface area contributed by atoms with Crippen LogP contribution in [-0.2, 0) is 0 Å². The van der Waals surface area contributed by atoms with Crippen LogP contribution in [0.3, 0.4) is 0 Å². The number of hydrogen-bond donors (Lipinski definition) is 1. The van der Waals surface area contributed by atoms with Crippen molar-refractivity contribution in [1.82, 2.24) is 10.2 Å². The fourth-order valence-electron chi connectivity index (χ4n) is 5.30. The van der Waals surface area contributed by atoms with Crippen LogP contribution in [0.2, 0.25) is 0 Å². The zero-order chi connectivity index (χ0) is 27.2. The van der Waals surface area contributed by atoms with Crippen molar-refractivity contribution in [1.29, 1.82) is 0 Å². The first kappa shape index (κ1) is 25.4. The third-order valence-corrected chi connectivity index (χ3v) is 7.73. The van der Waals surface area contributed by atoms with Crippen LogP contribution in [0, 0.1) is 39.9 Å². The minimum atomic E-state index is -0.803. The molecule has 1 saturated heterocycles. The normalized spacial score (nSPS) is 17.8. The van der Waals surface area contributed by atoms with Crippen molar-refractivity contribution >= 4 is 17.5 Å². The van der Waals surface area contributed by atoms with Gasteiger partial charge >= 0.3 is 0 Å². The summed E-state index contributed by atoms with van der Waals surface area (Å²) >= 11 is 0. The van der Waals surface area contributed by atoms with Gasteiger partial charge in [-0.15, -0.1) is 0 Å². The fourth-order valence-corrected chi connectivity index (χ4v) is 5.30. The van der Waals surface area contributed by atoms with E-state index in [-0.39, 0.29) is 33.8 Å². The molecule has 1 aliphatic carbocycles. The highest BCUT2D eigenvalue weighted by Gasteiger charge is 2.56. The molecular formula is C28H24F3N3O4. The van der Waals surface area contributed by atoms with Gasteiger partial charge in [0.1, 0.15) is 17.5 Å². The second-order valence-electron chi connectivity index (χ2n) is 9.91. The molecule has 38 heavy (non-hydrogen) atoms. The Balaban J connectivity index is 1.21. The minimum Gasteiger partial charge on any atom is -0.349 e. The molecule has 1 unspecified atom stereocenters. The number of rotatable bonds is 5. The summed E-state index contributed by atoms with van der Waals surface area (Å²) in [7, 11) is 0. The molecule has 10 heteroatoms. The van der Waals surface area contributed by atoms with Crippen molar-refractivity contribution in [3.63, 3.8) is 0 Å². The number of piperidine rings is 1. The summed E-state index contributed by atoms with van der Waals surface area (Å²) in [5.41, 5.74) is 0.204. The van der Waals surface area contributed by atoms with Crippen molar-refractivity contribution in [2.75, 3.05) is 13.1 Å². The summed E-state index contributed by atoms with van der Waals surface area (Å²) in [4.78, 5) is 37.8. The minimum absolute atomic E-state index is 0.00989. The molecule has 7 nitrogen and oxygen atoms in total. The van der Waals surface area contributed by atoms with Crippen LogP contribution in [0.1, 0.15) is 45.5 Å². The number of halogens is 3. The summed E-state index contributed by atoms with van der Waals surface area (Å²) in [6.07, 6.45) is 1.80. The van der Waals surface area contributed by atoms with E-state index >= 15 is 0 Å². The van der Waals surface area contributed by atoms with Gasteiger partial charge in [0.2, 0.25) is 0 Å². The molecule has 5 rings (SSSR count). The van der Waals surface area contributed by atoms with Crippen LogP contribution < -0.4 is 5.32 Å². The topological polar surface area (TPSA) is 92.6 Å². The van der Waals surface area contributed by atoms with E-state index in [1.165, 1.54) is 48.2 Å². The highest BCUT2D eigenvalue weighted by molar-refractivity contribution is 5.97. The van der Waals surface area contributed by atoms with Crippen molar-refractivity contribution in [3.05, 3.63) is 98.9 Å². The van der Waals surface area contributed by atoms with Crippen LogP contribution in [-0.4, -0.2) is 40.8 Å². The second kappa shape index (κ2) is 9.59. The number of benzene rings is 3. The molecule has 1 aliphatic heterocycles. The van der Waals surface area contributed by atoms with Crippen LogP contribution in [0.4, 0.5) is 18.9 Å². The molecule has 0 radical (unpaired) electrons. The number of nitrogens with one attached hydrogen (secondary N) is 1. The van der Waals surface area contributed by atoms with Gasteiger partial charge in [-0.3, -0.25) is 19.7 Å². The number of nitro groups is 1. The number of amides is 2. The van der Waals surface area contributed by atoms with E-state index in [4.69, 9.17) is 0 Å². The van der Waals surface area contributed by atoms with E-state index < -0.39 is 34.2 Å². The van der Waals surface area contributed by atoms with Gasteiger partial charge in [0.05, 0.1) is 16.1 Å². The Bertz CT molecular complexity index is 1450. The smallest absolute Gasteiger partial charge is 0.273 e. The molecule has 1 heterocycles. The summed E-state index contributed by atoms with van der Waals surface area (Å²) in [5.74, 6) is -3.02. The van der Waals surface area contributed by atoms with Crippen molar-refractivity contribution in [2.24, 2.45) is 5.41 Å². The third kappa shape index (κ3) is 4.62. The third-order valence-electron chi connectivity index (χ3n) is 7.73. The van der Waals surface area contributed by atoms with Gasteiger partial charge in [0.15, 0.2) is 0 Å². The molecule has 0 aromatic heterocycles. The van der Waals surface area contributed by atoms with Gasteiger partial charge < -0.3 is 10.2 Å². The molecule has 3 aromatic carbocycles.